The predicted molar refractivity (Wildman–Crippen MR) is 67.4 cm³/mol. The first-order valence-corrected chi connectivity index (χ1v) is 5.08. The van der Waals surface area contributed by atoms with Crippen LogP contribution >= 0.6 is 0 Å². The molecule has 0 saturated heterocycles. The predicted octanol–water partition coefficient (Wildman–Crippen LogP) is 2.54. The summed E-state index contributed by atoms with van der Waals surface area (Å²) in [7, 11) is 0. The Morgan fingerprint density at radius 3 is 1.58 bits per heavy atom. The van der Waals surface area contributed by atoms with Crippen LogP contribution in [-0.4, -0.2) is 15.1 Å². The zero-order valence-corrected chi connectivity index (χ0v) is 10.4. The van der Waals surface area contributed by atoms with Gasteiger partial charge >= 0.3 is 17.1 Å². The Bertz CT molecular complexity index is 647. The first-order chi connectivity index (χ1) is 8.68. The van der Waals surface area contributed by atoms with Gasteiger partial charge in [0.05, 0.1) is 16.1 Å². The van der Waals surface area contributed by atoms with Crippen LogP contribution in [0, 0.1) is 15.3 Å². The van der Waals surface area contributed by atoms with Crippen LogP contribution in [0.3, 0.4) is 0 Å². The fourth-order valence-electron chi connectivity index (χ4n) is 1.68. The maximum atomic E-state index is 8.25. The van der Waals surface area contributed by atoms with E-state index in [2.05, 4.69) is 34.2 Å². The Balaban J connectivity index is 0.000000323. The number of pyridine rings is 2. The summed E-state index contributed by atoms with van der Waals surface area (Å²) in [5, 5.41) is 17.0. The van der Waals surface area contributed by atoms with E-state index in [1.165, 1.54) is 0 Å². The van der Waals surface area contributed by atoms with Gasteiger partial charge in [-0.2, -0.15) is 0 Å². The summed E-state index contributed by atoms with van der Waals surface area (Å²) in [6.07, 6.45) is 3.60. The second kappa shape index (κ2) is 6.63. The number of aromatic nitrogens is 2. The van der Waals surface area contributed by atoms with Crippen molar-refractivity contribution in [3.63, 3.8) is 0 Å². The number of rotatable bonds is 0. The Morgan fingerprint density at radius 2 is 1.21 bits per heavy atom. The quantitative estimate of drug-likeness (QED) is 0.275. The summed E-state index contributed by atoms with van der Waals surface area (Å²) >= 11 is 0. The van der Waals surface area contributed by atoms with Gasteiger partial charge < -0.3 is 15.3 Å². The average Bonchev–Trinajstić information content (AvgIpc) is 2.38. The largest absolute Gasteiger partial charge is 1.00 e. The fourth-order valence-corrected chi connectivity index (χ4v) is 1.68. The van der Waals surface area contributed by atoms with Crippen molar-refractivity contribution >= 4 is 21.8 Å². The molecule has 0 saturated carbocycles. The van der Waals surface area contributed by atoms with Crippen molar-refractivity contribution in [2.75, 3.05) is 0 Å². The van der Waals surface area contributed by atoms with E-state index < -0.39 is 5.09 Å². The van der Waals surface area contributed by atoms with Gasteiger partial charge in [0.15, 0.2) is 0 Å². The number of fused-ring (bicyclic) bond motifs is 3. The third-order valence-electron chi connectivity index (χ3n) is 2.34. The molecule has 6 nitrogen and oxygen atoms in total. The Hall–Kier alpha value is -2.24. The number of hydrogen-bond acceptors (Lipinski definition) is 5. The van der Waals surface area contributed by atoms with Crippen molar-refractivity contribution < 1.29 is 22.2 Å². The van der Waals surface area contributed by atoms with Gasteiger partial charge in [0.25, 0.3) is 0 Å². The third kappa shape index (κ3) is 3.61. The summed E-state index contributed by atoms with van der Waals surface area (Å²) in [6, 6.07) is 12.1. The van der Waals surface area contributed by atoms with Gasteiger partial charge in [0.2, 0.25) is 0 Å². The molecule has 0 radical (unpaired) electrons. The molecule has 19 heavy (non-hydrogen) atoms. The van der Waals surface area contributed by atoms with Crippen molar-refractivity contribution in [3.05, 3.63) is 64.1 Å². The van der Waals surface area contributed by atoms with Crippen molar-refractivity contribution in [1.82, 2.24) is 9.97 Å². The number of benzene rings is 1. The molecular formula is C12H8CuN3O3. The van der Waals surface area contributed by atoms with E-state index in [1.54, 1.807) is 12.4 Å². The SMILES string of the molecule is O=[N+]([O-])[O-].[Cu+].c1cnc2c(c1)ccc1cccnc12. The van der Waals surface area contributed by atoms with Crippen LogP contribution in [0.15, 0.2) is 48.8 Å². The molecular weight excluding hydrogens is 298 g/mol. The molecule has 7 heteroatoms. The van der Waals surface area contributed by atoms with Crippen LogP contribution in [0.25, 0.3) is 21.8 Å². The van der Waals surface area contributed by atoms with E-state index in [0.29, 0.717) is 0 Å². The van der Waals surface area contributed by atoms with Crippen molar-refractivity contribution in [3.8, 4) is 0 Å². The first kappa shape index (κ1) is 14.8. The Labute approximate surface area is 118 Å². The second-order valence-electron chi connectivity index (χ2n) is 3.44. The van der Waals surface area contributed by atoms with Gasteiger partial charge in [0, 0.05) is 23.2 Å². The summed E-state index contributed by atoms with van der Waals surface area (Å²) in [6.45, 7) is 0. The van der Waals surface area contributed by atoms with Gasteiger partial charge in [-0.15, -0.1) is 0 Å². The second-order valence-corrected chi connectivity index (χ2v) is 3.44. The maximum Gasteiger partial charge on any atom is 1.00 e. The number of nitrogens with zero attached hydrogens (tertiary/aromatic N) is 3. The standard InChI is InChI=1S/C12H8N2.Cu.NO3/c1-3-9-5-6-10-4-2-8-14-12(10)11(9)13-7-1;;2-1(3)4/h1-8H;;/q;+1;-1. The molecule has 1 aromatic carbocycles. The Kier molecular flexibility index (Phi) is 5.17. The molecule has 0 unspecified atom stereocenters. The molecule has 0 aliphatic rings. The van der Waals surface area contributed by atoms with E-state index in [4.69, 9.17) is 15.3 Å². The third-order valence-corrected chi connectivity index (χ3v) is 2.34. The van der Waals surface area contributed by atoms with Crippen LogP contribution in [0.1, 0.15) is 0 Å². The minimum absolute atomic E-state index is 0. The number of hydrogen-bond donors (Lipinski definition) is 0. The summed E-state index contributed by atoms with van der Waals surface area (Å²) in [5.41, 5.74) is 1.95. The molecule has 0 aliphatic heterocycles. The van der Waals surface area contributed by atoms with E-state index >= 15 is 0 Å². The fraction of sp³-hybridized carbons (Fsp3) is 0. The van der Waals surface area contributed by atoms with Crippen LogP contribution in [0.2, 0.25) is 0 Å². The summed E-state index contributed by atoms with van der Waals surface area (Å²) < 4.78 is 0. The van der Waals surface area contributed by atoms with Gasteiger partial charge in [0.1, 0.15) is 0 Å². The van der Waals surface area contributed by atoms with Crippen LogP contribution in [0.4, 0.5) is 0 Å². The molecule has 0 N–H and O–H groups in total. The summed E-state index contributed by atoms with van der Waals surface area (Å²) in [4.78, 5) is 16.9. The smallest absolute Gasteiger partial charge is 0.356 e. The molecule has 0 atom stereocenters. The summed E-state index contributed by atoms with van der Waals surface area (Å²) in [5.74, 6) is 0. The van der Waals surface area contributed by atoms with Gasteiger partial charge in [-0.05, 0) is 12.1 Å². The van der Waals surface area contributed by atoms with Crippen molar-refractivity contribution in [2.24, 2.45) is 0 Å². The van der Waals surface area contributed by atoms with E-state index in [-0.39, 0.29) is 17.1 Å². The van der Waals surface area contributed by atoms with Crippen molar-refractivity contribution in [1.29, 1.82) is 0 Å². The first-order valence-electron chi connectivity index (χ1n) is 5.08. The molecule has 3 rings (SSSR count). The monoisotopic (exact) mass is 305 g/mol. The topological polar surface area (TPSA) is 92.0 Å². The minimum atomic E-state index is -1.75. The normalized spacial score (nSPS) is 9.26. The van der Waals surface area contributed by atoms with E-state index in [9.17, 15) is 0 Å². The molecule has 0 amide bonds. The molecule has 2 aromatic heterocycles. The van der Waals surface area contributed by atoms with Crippen LogP contribution in [0.5, 0.6) is 0 Å². The van der Waals surface area contributed by atoms with Crippen molar-refractivity contribution in [2.45, 2.75) is 0 Å². The zero-order chi connectivity index (χ0) is 13.0. The molecule has 100 valence electrons. The zero-order valence-electron chi connectivity index (χ0n) is 9.49. The molecule has 0 spiro atoms. The van der Waals surface area contributed by atoms with E-state index in [1.807, 2.05) is 12.1 Å². The molecule has 3 aromatic rings. The molecule has 0 fully saturated rings. The maximum absolute atomic E-state index is 8.25. The van der Waals surface area contributed by atoms with Crippen LogP contribution < -0.4 is 0 Å². The van der Waals surface area contributed by atoms with E-state index in [0.717, 1.165) is 21.8 Å². The van der Waals surface area contributed by atoms with Gasteiger partial charge in [-0.3, -0.25) is 9.97 Å². The minimum Gasteiger partial charge on any atom is -0.356 e. The average molecular weight is 306 g/mol. The molecule has 0 bridgehead atoms. The molecule has 0 aliphatic carbocycles. The van der Waals surface area contributed by atoms with Gasteiger partial charge in [-0.25, -0.2) is 0 Å². The van der Waals surface area contributed by atoms with Gasteiger partial charge in [-0.1, -0.05) is 24.3 Å². The van der Waals surface area contributed by atoms with Crippen LogP contribution in [-0.2, 0) is 17.1 Å². The molecule has 2 heterocycles. The Morgan fingerprint density at radius 1 is 0.842 bits per heavy atom.